The maximum absolute atomic E-state index is 13.2. The average molecular weight is 347 g/mol. The van der Waals surface area contributed by atoms with Gasteiger partial charge in [-0.1, -0.05) is 23.7 Å². The maximum atomic E-state index is 13.2. The topological polar surface area (TPSA) is 44.1 Å². The summed E-state index contributed by atoms with van der Waals surface area (Å²) in [6.07, 6.45) is -4.64. The van der Waals surface area contributed by atoms with Crippen molar-refractivity contribution < 1.29 is 22.7 Å². The smallest absolute Gasteiger partial charge is 0.433 e. The van der Waals surface area contributed by atoms with Gasteiger partial charge in [-0.3, -0.25) is 4.68 Å². The van der Waals surface area contributed by atoms with Crippen LogP contribution in [0.3, 0.4) is 0 Å². The molecule has 0 atom stereocenters. The monoisotopic (exact) mass is 346 g/mol. The fourth-order valence-electron chi connectivity index (χ4n) is 2.24. The molecular formula is C15H14ClF3N2O2. The van der Waals surface area contributed by atoms with Crippen molar-refractivity contribution in [2.24, 2.45) is 7.05 Å². The van der Waals surface area contributed by atoms with Crippen molar-refractivity contribution >= 4 is 17.6 Å². The Balaban J connectivity index is 2.50. The minimum Gasteiger partial charge on any atom is -0.462 e. The summed E-state index contributed by atoms with van der Waals surface area (Å²) < 4.78 is 45.1. The van der Waals surface area contributed by atoms with Crippen LogP contribution >= 0.6 is 11.6 Å². The molecule has 8 heteroatoms. The van der Waals surface area contributed by atoms with E-state index < -0.39 is 23.4 Å². The SMILES string of the molecule is CCOC(=O)c1c(Cc2ccc(Cl)cc2)nn(C)c1C(F)(F)F. The number of carbonyl (C=O) groups is 1. The van der Waals surface area contributed by atoms with Crippen LogP contribution in [0, 0.1) is 0 Å². The van der Waals surface area contributed by atoms with Gasteiger partial charge in [-0.25, -0.2) is 4.79 Å². The number of alkyl halides is 3. The third-order valence-electron chi connectivity index (χ3n) is 3.15. The molecule has 0 aliphatic rings. The van der Waals surface area contributed by atoms with Gasteiger partial charge < -0.3 is 4.74 Å². The molecule has 124 valence electrons. The van der Waals surface area contributed by atoms with Gasteiger partial charge in [-0.05, 0) is 24.6 Å². The number of aromatic nitrogens is 2. The second-order valence-electron chi connectivity index (χ2n) is 4.82. The van der Waals surface area contributed by atoms with Crippen LogP contribution in [-0.2, 0) is 24.4 Å². The van der Waals surface area contributed by atoms with E-state index in [2.05, 4.69) is 5.10 Å². The first-order valence-corrected chi connectivity index (χ1v) is 7.16. The molecule has 0 fully saturated rings. The number of aryl methyl sites for hydroxylation is 1. The van der Waals surface area contributed by atoms with Gasteiger partial charge in [0.05, 0.1) is 12.3 Å². The number of nitrogens with zero attached hydrogens (tertiary/aromatic N) is 2. The molecule has 0 saturated heterocycles. The van der Waals surface area contributed by atoms with E-state index in [0.29, 0.717) is 15.3 Å². The highest BCUT2D eigenvalue weighted by atomic mass is 35.5. The number of halogens is 4. The van der Waals surface area contributed by atoms with Crippen LogP contribution in [0.2, 0.25) is 5.02 Å². The predicted octanol–water partition coefficient (Wildman–Crippen LogP) is 3.86. The van der Waals surface area contributed by atoms with Crippen molar-refractivity contribution in [3.8, 4) is 0 Å². The fraction of sp³-hybridized carbons (Fsp3) is 0.333. The number of esters is 1. The van der Waals surface area contributed by atoms with Gasteiger partial charge in [-0.15, -0.1) is 0 Å². The van der Waals surface area contributed by atoms with Gasteiger partial charge in [-0.2, -0.15) is 18.3 Å². The number of hydrogen-bond donors (Lipinski definition) is 0. The van der Waals surface area contributed by atoms with E-state index in [1.807, 2.05) is 0 Å². The van der Waals surface area contributed by atoms with E-state index in [1.165, 1.54) is 6.92 Å². The molecular weight excluding hydrogens is 333 g/mol. The molecule has 0 amide bonds. The van der Waals surface area contributed by atoms with Gasteiger partial charge in [0, 0.05) is 18.5 Å². The van der Waals surface area contributed by atoms with Crippen LogP contribution in [0.25, 0.3) is 0 Å². The first-order valence-electron chi connectivity index (χ1n) is 6.78. The summed E-state index contributed by atoms with van der Waals surface area (Å²) in [4.78, 5) is 12.0. The third-order valence-corrected chi connectivity index (χ3v) is 3.40. The van der Waals surface area contributed by atoms with Crippen molar-refractivity contribution in [1.29, 1.82) is 0 Å². The van der Waals surface area contributed by atoms with E-state index in [-0.39, 0.29) is 18.7 Å². The molecule has 23 heavy (non-hydrogen) atoms. The lowest BCUT2D eigenvalue weighted by molar-refractivity contribution is -0.144. The van der Waals surface area contributed by atoms with Gasteiger partial charge >= 0.3 is 12.1 Å². The lowest BCUT2D eigenvalue weighted by Crippen LogP contribution is -2.18. The highest BCUT2D eigenvalue weighted by molar-refractivity contribution is 6.30. The zero-order chi connectivity index (χ0) is 17.2. The molecule has 0 radical (unpaired) electrons. The summed E-state index contributed by atoms with van der Waals surface area (Å²) in [6, 6.07) is 6.57. The largest absolute Gasteiger partial charge is 0.462 e. The standard InChI is InChI=1S/C15H14ClF3N2O2/c1-3-23-14(22)12-11(8-9-4-6-10(16)7-5-9)20-21(2)13(12)15(17,18)19/h4-7H,3,8H2,1-2H3. The lowest BCUT2D eigenvalue weighted by atomic mass is 10.0. The van der Waals surface area contributed by atoms with Gasteiger partial charge in [0.1, 0.15) is 5.56 Å². The molecule has 4 nitrogen and oxygen atoms in total. The molecule has 0 N–H and O–H groups in total. The molecule has 0 aliphatic carbocycles. The Morgan fingerprint density at radius 2 is 1.91 bits per heavy atom. The normalized spacial score (nSPS) is 11.6. The second-order valence-corrected chi connectivity index (χ2v) is 5.25. The molecule has 2 rings (SSSR count). The summed E-state index contributed by atoms with van der Waals surface area (Å²) in [6.45, 7) is 1.51. The van der Waals surface area contributed by atoms with Crippen LogP contribution in [0.1, 0.15) is 34.2 Å². The predicted molar refractivity (Wildman–Crippen MR) is 78.4 cm³/mol. The maximum Gasteiger partial charge on any atom is 0.433 e. The number of rotatable bonds is 4. The molecule has 0 aliphatic heterocycles. The van der Waals surface area contributed by atoms with E-state index in [9.17, 15) is 18.0 Å². The van der Waals surface area contributed by atoms with E-state index in [4.69, 9.17) is 16.3 Å². The quantitative estimate of drug-likeness (QED) is 0.790. The zero-order valence-electron chi connectivity index (χ0n) is 12.4. The Morgan fingerprint density at radius 3 is 2.43 bits per heavy atom. The van der Waals surface area contributed by atoms with Crippen LogP contribution < -0.4 is 0 Å². The Labute approximate surface area is 135 Å². The second kappa shape index (κ2) is 6.62. The van der Waals surface area contributed by atoms with Gasteiger partial charge in [0.2, 0.25) is 0 Å². The highest BCUT2D eigenvalue weighted by Gasteiger charge is 2.41. The van der Waals surface area contributed by atoms with Crippen LogP contribution in [-0.4, -0.2) is 22.4 Å². The molecule has 0 saturated carbocycles. The van der Waals surface area contributed by atoms with Crippen molar-refractivity contribution in [2.45, 2.75) is 19.5 Å². The first kappa shape index (κ1) is 17.3. The molecule has 0 bridgehead atoms. The summed E-state index contributed by atoms with van der Waals surface area (Å²) in [5.41, 5.74) is -0.955. The van der Waals surface area contributed by atoms with Crippen LogP contribution in [0.4, 0.5) is 13.2 Å². The molecule has 0 unspecified atom stereocenters. The van der Waals surface area contributed by atoms with Crippen LogP contribution in [0.15, 0.2) is 24.3 Å². The minimum atomic E-state index is -4.71. The number of hydrogen-bond acceptors (Lipinski definition) is 3. The molecule has 1 aromatic heterocycles. The molecule has 1 heterocycles. The van der Waals surface area contributed by atoms with Crippen molar-refractivity contribution in [3.63, 3.8) is 0 Å². The lowest BCUT2D eigenvalue weighted by Gasteiger charge is -2.10. The highest BCUT2D eigenvalue weighted by Crippen LogP contribution is 2.34. The van der Waals surface area contributed by atoms with Crippen molar-refractivity contribution in [2.75, 3.05) is 6.61 Å². The van der Waals surface area contributed by atoms with Gasteiger partial charge in [0.25, 0.3) is 0 Å². The minimum absolute atomic E-state index is 0.0144. The molecule has 1 aromatic carbocycles. The van der Waals surface area contributed by atoms with Crippen molar-refractivity contribution in [3.05, 3.63) is 51.8 Å². The van der Waals surface area contributed by atoms with Crippen LogP contribution in [0.5, 0.6) is 0 Å². The first-order chi connectivity index (χ1) is 10.7. The summed E-state index contributed by atoms with van der Waals surface area (Å²) in [5.74, 6) is -1.03. The summed E-state index contributed by atoms with van der Waals surface area (Å²) in [7, 11) is 1.15. The third kappa shape index (κ3) is 3.85. The van der Waals surface area contributed by atoms with E-state index in [0.717, 1.165) is 7.05 Å². The van der Waals surface area contributed by atoms with Crippen molar-refractivity contribution in [1.82, 2.24) is 9.78 Å². The fourth-order valence-corrected chi connectivity index (χ4v) is 2.37. The number of ether oxygens (including phenoxy) is 1. The van der Waals surface area contributed by atoms with E-state index >= 15 is 0 Å². The van der Waals surface area contributed by atoms with E-state index in [1.54, 1.807) is 24.3 Å². The molecule has 0 spiro atoms. The number of benzene rings is 1. The summed E-state index contributed by atoms with van der Waals surface area (Å²) in [5, 5.41) is 4.37. The molecule has 2 aromatic rings. The Kier molecular flexibility index (Phi) is 4.99. The van der Waals surface area contributed by atoms with Gasteiger partial charge in [0.15, 0.2) is 5.69 Å². The zero-order valence-corrected chi connectivity index (χ0v) is 13.2. The Morgan fingerprint density at radius 1 is 1.30 bits per heavy atom. The Bertz CT molecular complexity index is 709. The Hall–Kier alpha value is -2.02. The average Bonchev–Trinajstić information content (AvgIpc) is 2.78. The summed E-state index contributed by atoms with van der Waals surface area (Å²) >= 11 is 5.78. The number of carbonyl (C=O) groups excluding carboxylic acids is 1.